The average molecular weight is 367 g/mol. The topological polar surface area (TPSA) is 18.5 Å². The van der Waals surface area contributed by atoms with Crippen molar-refractivity contribution >= 4 is 11.6 Å². The first-order valence-corrected chi connectivity index (χ1v) is 8.96. The molecule has 0 spiro atoms. The molecule has 2 saturated carbocycles. The minimum atomic E-state index is -1.71. The lowest BCUT2D eigenvalue weighted by molar-refractivity contribution is -0.0916. The van der Waals surface area contributed by atoms with Crippen LogP contribution in [0.5, 0.6) is 0 Å². The van der Waals surface area contributed by atoms with Gasteiger partial charge >= 0.3 is 0 Å². The Kier molecular flexibility index (Phi) is 7.63. The fraction of sp³-hybridized carbons (Fsp3) is 0.778. The van der Waals surface area contributed by atoms with E-state index in [-0.39, 0.29) is 19.1 Å². The third-order valence-corrected chi connectivity index (χ3v) is 5.68. The van der Waals surface area contributed by atoms with Gasteiger partial charge in [-0.25, -0.2) is 13.2 Å². The van der Waals surface area contributed by atoms with Crippen LogP contribution in [0.1, 0.15) is 25.7 Å². The summed E-state index contributed by atoms with van der Waals surface area (Å²) < 4.78 is 54.1. The van der Waals surface area contributed by atoms with Crippen LogP contribution in [0.4, 0.5) is 13.2 Å². The zero-order valence-electron chi connectivity index (χ0n) is 13.8. The van der Waals surface area contributed by atoms with Crippen molar-refractivity contribution in [1.29, 1.82) is 0 Å². The van der Waals surface area contributed by atoms with Crippen LogP contribution in [-0.4, -0.2) is 49.3 Å². The maximum atomic E-state index is 14.6. The third-order valence-electron chi connectivity index (χ3n) is 5.11. The molecule has 0 aromatic carbocycles. The molecule has 2 rings (SSSR count). The average Bonchev–Trinajstić information content (AvgIpc) is 2.58. The molecular weight excluding hydrogens is 341 g/mol. The van der Waals surface area contributed by atoms with Crippen molar-refractivity contribution in [3.63, 3.8) is 0 Å². The van der Waals surface area contributed by atoms with Crippen LogP contribution in [0.2, 0.25) is 0 Å². The van der Waals surface area contributed by atoms with Crippen molar-refractivity contribution in [2.45, 2.75) is 61.8 Å². The Morgan fingerprint density at radius 2 is 1.29 bits per heavy atom. The number of hydrogen-bond acceptors (Lipinski definition) is 2. The van der Waals surface area contributed by atoms with Gasteiger partial charge in [0.25, 0.3) is 0 Å². The van der Waals surface area contributed by atoms with Crippen molar-refractivity contribution in [3.8, 4) is 0 Å². The summed E-state index contributed by atoms with van der Waals surface area (Å²) in [4.78, 5) is 0. The molecule has 2 aliphatic rings. The Morgan fingerprint density at radius 1 is 0.792 bits per heavy atom. The Hall–Kier alpha value is -0.520. The van der Waals surface area contributed by atoms with E-state index in [0.29, 0.717) is 25.7 Å². The second-order valence-electron chi connectivity index (χ2n) is 6.58. The SMILES string of the molecule is C=CCOC1CCC(C2CCC(OCC=C)C(F)C2Cl)C(F)C1F. The fourth-order valence-corrected chi connectivity index (χ4v) is 4.34. The molecule has 0 N–H and O–H groups in total. The van der Waals surface area contributed by atoms with E-state index in [1.54, 1.807) is 6.08 Å². The zero-order valence-corrected chi connectivity index (χ0v) is 14.5. The monoisotopic (exact) mass is 366 g/mol. The molecule has 2 nitrogen and oxygen atoms in total. The Morgan fingerprint density at radius 3 is 1.83 bits per heavy atom. The van der Waals surface area contributed by atoms with Crippen molar-refractivity contribution in [3.05, 3.63) is 25.3 Å². The first kappa shape index (κ1) is 19.8. The molecule has 0 saturated heterocycles. The number of halogens is 4. The smallest absolute Gasteiger partial charge is 0.157 e. The Bertz CT molecular complexity index is 385. The highest BCUT2D eigenvalue weighted by atomic mass is 35.5. The van der Waals surface area contributed by atoms with Crippen molar-refractivity contribution in [1.82, 2.24) is 0 Å². The van der Waals surface area contributed by atoms with Gasteiger partial charge in [-0.05, 0) is 37.5 Å². The molecule has 6 heteroatoms. The molecule has 0 aromatic rings. The van der Waals surface area contributed by atoms with Crippen LogP contribution in [0, 0.1) is 11.8 Å². The largest absolute Gasteiger partial charge is 0.371 e. The van der Waals surface area contributed by atoms with E-state index in [1.165, 1.54) is 6.08 Å². The molecule has 0 bridgehead atoms. The summed E-state index contributed by atoms with van der Waals surface area (Å²) in [6.07, 6.45) is -1.23. The normalized spacial score (nSPS) is 43.3. The second-order valence-corrected chi connectivity index (χ2v) is 7.08. The lowest BCUT2D eigenvalue weighted by Crippen LogP contribution is -2.51. The Labute approximate surface area is 147 Å². The number of ether oxygens (including phenoxy) is 2. The fourth-order valence-electron chi connectivity index (χ4n) is 3.87. The van der Waals surface area contributed by atoms with Gasteiger partial charge in [0.1, 0.15) is 12.3 Å². The number of alkyl halides is 4. The lowest BCUT2D eigenvalue weighted by atomic mass is 9.70. The number of hydrogen-bond donors (Lipinski definition) is 0. The predicted molar refractivity (Wildman–Crippen MR) is 89.7 cm³/mol. The highest BCUT2D eigenvalue weighted by Gasteiger charge is 2.49. The van der Waals surface area contributed by atoms with E-state index in [0.717, 1.165) is 0 Å². The minimum absolute atomic E-state index is 0.193. The van der Waals surface area contributed by atoms with Crippen LogP contribution in [-0.2, 0) is 9.47 Å². The van der Waals surface area contributed by atoms with Crippen LogP contribution < -0.4 is 0 Å². The van der Waals surface area contributed by atoms with Crippen LogP contribution >= 0.6 is 11.6 Å². The molecule has 0 heterocycles. The lowest BCUT2D eigenvalue weighted by Gasteiger charge is -2.44. The summed E-state index contributed by atoms with van der Waals surface area (Å²) in [5.41, 5.74) is 0. The van der Waals surface area contributed by atoms with Gasteiger partial charge in [0, 0.05) is 0 Å². The van der Waals surface area contributed by atoms with Gasteiger partial charge in [0.05, 0.1) is 30.8 Å². The second kappa shape index (κ2) is 9.25. The van der Waals surface area contributed by atoms with Gasteiger partial charge in [0.15, 0.2) is 6.17 Å². The first-order valence-electron chi connectivity index (χ1n) is 8.52. The molecule has 0 radical (unpaired) electrons. The molecule has 2 fully saturated rings. The molecule has 2 aliphatic carbocycles. The van der Waals surface area contributed by atoms with Crippen LogP contribution in [0.15, 0.2) is 25.3 Å². The van der Waals surface area contributed by atoms with Crippen molar-refractivity contribution in [2.24, 2.45) is 11.8 Å². The van der Waals surface area contributed by atoms with Gasteiger partial charge in [-0.2, -0.15) is 0 Å². The maximum absolute atomic E-state index is 14.6. The quantitative estimate of drug-likeness (QED) is 0.485. The molecule has 8 unspecified atom stereocenters. The predicted octanol–water partition coefficient (Wildman–Crippen LogP) is 4.57. The van der Waals surface area contributed by atoms with E-state index >= 15 is 0 Å². The first-order chi connectivity index (χ1) is 11.5. The highest BCUT2D eigenvalue weighted by molar-refractivity contribution is 6.21. The van der Waals surface area contributed by atoms with E-state index in [9.17, 15) is 13.2 Å². The summed E-state index contributed by atoms with van der Waals surface area (Å²) in [5.74, 6) is -0.969. The summed E-state index contributed by atoms with van der Waals surface area (Å²) in [6.45, 7) is 7.49. The summed E-state index contributed by atoms with van der Waals surface area (Å²) in [5, 5.41) is -0.866. The molecule has 24 heavy (non-hydrogen) atoms. The molecule has 0 amide bonds. The van der Waals surface area contributed by atoms with Gasteiger partial charge in [-0.1, -0.05) is 12.2 Å². The van der Waals surface area contributed by atoms with E-state index in [1.807, 2.05) is 0 Å². The molecular formula is C18H26ClF3O2. The van der Waals surface area contributed by atoms with E-state index in [2.05, 4.69) is 13.2 Å². The Balaban J connectivity index is 1.96. The minimum Gasteiger partial charge on any atom is -0.371 e. The molecule has 8 atom stereocenters. The van der Waals surface area contributed by atoms with Crippen LogP contribution in [0.25, 0.3) is 0 Å². The number of rotatable bonds is 7. The third kappa shape index (κ3) is 4.36. The summed E-state index contributed by atoms with van der Waals surface area (Å²) >= 11 is 6.26. The summed E-state index contributed by atoms with van der Waals surface area (Å²) in [6, 6.07) is 0. The molecule has 0 aromatic heterocycles. The standard InChI is InChI=1S/C18H26ClF3O2/c1-3-9-23-13-7-5-11(15(19)17(13)21)12-6-8-14(24-10-4-2)18(22)16(12)20/h3-4,11-18H,1-2,5-10H2. The highest BCUT2D eigenvalue weighted by Crippen LogP contribution is 2.44. The van der Waals surface area contributed by atoms with Gasteiger partial charge < -0.3 is 9.47 Å². The van der Waals surface area contributed by atoms with Gasteiger partial charge in [-0.3, -0.25) is 0 Å². The van der Waals surface area contributed by atoms with E-state index in [4.69, 9.17) is 21.1 Å². The van der Waals surface area contributed by atoms with Gasteiger partial charge in [0.2, 0.25) is 0 Å². The molecule has 138 valence electrons. The van der Waals surface area contributed by atoms with Crippen LogP contribution in [0.3, 0.4) is 0 Å². The molecule has 0 aliphatic heterocycles. The maximum Gasteiger partial charge on any atom is 0.157 e. The van der Waals surface area contributed by atoms with Gasteiger partial charge in [-0.15, -0.1) is 24.8 Å². The zero-order chi connectivity index (χ0) is 17.7. The van der Waals surface area contributed by atoms with Crippen molar-refractivity contribution < 1.29 is 22.6 Å². The van der Waals surface area contributed by atoms with Crippen molar-refractivity contribution in [2.75, 3.05) is 13.2 Å². The van der Waals surface area contributed by atoms with E-state index < -0.39 is 42.0 Å². The summed E-state index contributed by atoms with van der Waals surface area (Å²) in [7, 11) is 0.